The molecule has 1 saturated heterocycles. The molecule has 64 valence electrons. The number of nitrogens with zero attached hydrogens (tertiary/aromatic N) is 1. The molecule has 3 N–H and O–H groups in total. The Hall–Kier alpha value is -0.810. The quantitative estimate of drug-likeness (QED) is 0.445. The van der Waals surface area contributed by atoms with Gasteiger partial charge in [0.05, 0.1) is 0 Å². The Morgan fingerprint density at radius 2 is 2.36 bits per heavy atom. The number of carbonyl (C=O) groups is 1. The van der Waals surface area contributed by atoms with Gasteiger partial charge in [0, 0.05) is 31.7 Å². The topological polar surface area (TPSA) is 89.6 Å². The second kappa shape index (κ2) is 3.06. The first-order valence-electron chi connectivity index (χ1n) is 3.47. The van der Waals surface area contributed by atoms with Crippen LogP contribution in [0.5, 0.6) is 0 Å². The van der Waals surface area contributed by atoms with E-state index in [0.29, 0.717) is 6.54 Å². The van der Waals surface area contributed by atoms with Crippen molar-refractivity contribution < 1.29 is 15.0 Å². The molecule has 0 aromatic heterocycles. The fraction of sp³-hybridized carbons (Fsp3) is 0.833. The molecule has 1 aliphatic rings. The van der Waals surface area contributed by atoms with Gasteiger partial charge in [0.2, 0.25) is 0 Å². The van der Waals surface area contributed by atoms with E-state index in [-0.39, 0.29) is 25.1 Å². The van der Waals surface area contributed by atoms with Crippen molar-refractivity contribution in [1.29, 1.82) is 0 Å². The van der Waals surface area contributed by atoms with E-state index in [2.05, 4.69) is 0 Å². The average molecular weight is 159 g/mol. The van der Waals surface area contributed by atoms with Gasteiger partial charge in [-0.1, -0.05) is 0 Å². The van der Waals surface area contributed by atoms with Crippen LogP contribution in [0.25, 0.3) is 0 Å². The van der Waals surface area contributed by atoms with Crippen LogP contribution in [0, 0.1) is 5.92 Å². The van der Waals surface area contributed by atoms with Crippen LogP contribution in [0.15, 0.2) is 0 Å². The van der Waals surface area contributed by atoms with Crippen LogP contribution >= 0.6 is 0 Å². The summed E-state index contributed by atoms with van der Waals surface area (Å²) in [5.41, 5.74) is 5.52. The number of likely N-dealkylation sites (tertiary alicyclic amines) is 1. The molecule has 1 aliphatic heterocycles. The van der Waals surface area contributed by atoms with E-state index in [1.54, 1.807) is 0 Å². The van der Waals surface area contributed by atoms with Crippen LogP contribution in [0.3, 0.4) is 0 Å². The number of amides is 1. The Morgan fingerprint density at radius 1 is 1.73 bits per heavy atom. The number of aliphatic hydroxyl groups excluding tert-OH is 1. The minimum atomic E-state index is -1.21. The zero-order valence-corrected chi connectivity index (χ0v) is 6.06. The first-order chi connectivity index (χ1) is 5.15. The van der Waals surface area contributed by atoms with Gasteiger partial charge >= 0.3 is 0 Å². The molecule has 1 rings (SSSR count). The third-order valence-electron chi connectivity index (χ3n) is 1.98. The lowest BCUT2D eigenvalue weighted by atomic mass is 10.1. The van der Waals surface area contributed by atoms with Crippen LogP contribution in [-0.2, 0) is 0 Å². The van der Waals surface area contributed by atoms with Crippen molar-refractivity contribution in [2.75, 3.05) is 19.7 Å². The van der Waals surface area contributed by atoms with Crippen LogP contribution in [0.2, 0.25) is 0 Å². The number of carbonyl (C=O) groups excluding carboxylic acids is 1. The largest absolute Gasteiger partial charge is 0.530 e. The standard InChI is InChI=1S/C6H12N2O3/c7-5-2-8(6(10)11)1-4(5)3-9/h4-5,9H,1-3,7H2,(H,10,11)/p-1/t4-,5-/m1/s1. The lowest BCUT2D eigenvalue weighted by Gasteiger charge is -2.17. The zero-order chi connectivity index (χ0) is 8.43. The van der Waals surface area contributed by atoms with Crippen molar-refractivity contribution in [2.24, 2.45) is 11.7 Å². The number of nitrogens with two attached hydrogens (primary N) is 1. The van der Waals surface area contributed by atoms with Gasteiger partial charge in [-0.2, -0.15) is 0 Å². The molecule has 2 atom stereocenters. The normalized spacial score (nSPS) is 30.9. The van der Waals surface area contributed by atoms with Gasteiger partial charge in [0.1, 0.15) is 6.09 Å². The summed E-state index contributed by atoms with van der Waals surface area (Å²) in [5, 5.41) is 19.0. The Bertz CT molecular complexity index is 162. The summed E-state index contributed by atoms with van der Waals surface area (Å²) in [6, 6.07) is -0.252. The lowest BCUT2D eigenvalue weighted by Crippen LogP contribution is -2.40. The van der Waals surface area contributed by atoms with E-state index in [1.807, 2.05) is 0 Å². The number of rotatable bonds is 1. The van der Waals surface area contributed by atoms with Gasteiger partial charge in [-0.05, 0) is 0 Å². The van der Waals surface area contributed by atoms with Crippen molar-refractivity contribution in [3.8, 4) is 0 Å². The maximum absolute atomic E-state index is 10.3. The highest BCUT2D eigenvalue weighted by Gasteiger charge is 2.29. The van der Waals surface area contributed by atoms with E-state index >= 15 is 0 Å². The first-order valence-corrected chi connectivity index (χ1v) is 3.47. The van der Waals surface area contributed by atoms with Gasteiger partial charge in [-0.15, -0.1) is 0 Å². The SMILES string of the molecule is N[C@@H]1CN(C(=O)[O-])C[C@@H]1CO. The molecule has 1 amide bonds. The molecule has 0 unspecified atom stereocenters. The monoisotopic (exact) mass is 159 g/mol. The highest BCUT2D eigenvalue weighted by Crippen LogP contribution is 2.13. The van der Waals surface area contributed by atoms with Crippen LogP contribution in [0.4, 0.5) is 4.79 Å². The van der Waals surface area contributed by atoms with Crippen molar-refractivity contribution in [1.82, 2.24) is 4.90 Å². The Kier molecular flexibility index (Phi) is 2.31. The minimum absolute atomic E-state index is 0.0645. The Morgan fingerprint density at radius 3 is 2.64 bits per heavy atom. The molecular formula is C6H11N2O3-. The van der Waals surface area contributed by atoms with E-state index in [9.17, 15) is 9.90 Å². The molecule has 0 aliphatic carbocycles. The fourth-order valence-corrected chi connectivity index (χ4v) is 1.24. The molecule has 0 aromatic carbocycles. The molecule has 1 heterocycles. The summed E-state index contributed by atoms with van der Waals surface area (Å²) in [7, 11) is 0. The maximum atomic E-state index is 10.3. The molecule has 0 radical (unpaired) electrons. The number of hydrogen-bond acceptors (Lipinski definition) is 4. The van der Waals surface area contributed by atoms with E-state index in [1.165, 1.54) is 0 Å². The zero-order valence-electron chi connectivity index (χ0n) is 6.06. The van der Waals surface area contributed by atoms with Gasteiger partial charge in [0.25, 0.3) is 0 Å². The van der Waals surface area contributed by atoms with E-state index in [4.69, 9.17) is 10.8 Å². The van der Waals surface area contributed by atoms with Crippen LogP contribution < -0.4 is 10.8 Å². The van der Waals surface area contributed by atoms with Crippen LogP contribution in [0.1, 0.15) is 0 Å². The molecule has 0 bridgehead atoms. The average Bonchev–Trinajstić information content (AvgIpc) is 2.31. The predicted octanol–water partition coefficient (Wildman–Crippen LogP) is -2.42. The summed E-state index contributed by atoms with van der Waals surface area (Å²) in [6.07, 6.45) is -1.21. The third kappa shape index (κ3) is 1.61. The first kappa shape index (κ1) is 8.29. The lowest BCUT2D eigenvalue weighted by molar-refractivity contribution is -0.264. The maximum Gasteiger partial charge on any atom is 0.136 e. The van der Waals surface area contributed by atoms with Crippen molar-refractivity contribution in [3.05, 3.63) is 0 Å². The molecule has 0 aromatic rings. The van der Waals surface area contributed by atoms with Crippen LogP contribution in [-0.4, -0.2) is 41.8 Å². The predicted molar refractivity (Wildman–Crippen MR) is 35.5 cm³/mol. The number of hydrogen-bond donors (Lipinski definition) is 2. The number of carboxylic acid groups (broad SMARTS) is 1. The van der Waals surface area contributed by atoms with Crippen molar-refractivity contribution in [3.63, 3.8) is 0 Å². The molecule has 1 fully saturated rings. The summed E-state index contributed by atoms with van der Waals surface area (Å²) < 4.78 is 0. The molecule has 0 saturated carbocycles. The second-order valence-electron chi connectivity index (χ2n) is 2.78. The second-order valence-corrected chi connectivity index (χ2v) is 2.78. The molecule has 11 heavy (non-hydrogen) atoms. The van der Waals surface area contributed by atoms with Gasteiger partial charge in [0.15, 0.2) is 0 Å². The highest BCUT2D eigenvalue weighted by atomic mass is 16.4. The minimum Gasteiger partial charge on any atom is -0.530 e. The third-order valence-corrected chi connectivity index (χ3v) is 1.98. The fourth-order valence-electron chi connectivity index (χ4n) is 1.24. The van der Waals surface area contributed by atoms with Crippen molar-refractivity contribution >= 4 is 6.09 Å². The highest BCUT2D eigenvalue weighted by molar-refractivity contribution is 5.63. The Balaban J connectivity index is 2.49. The van der Waals surface area contributed by atoms with Gasteiger partial charge in [-0.25, -0.2) is 0 Å². The van der Waals surface area contributed by atoms with E-state index in [0.717, 1.165) is 4.90 Å². The summed E-state index contributed by atoms with van der Waals surface area (Å²) in [6.45, 7) is 0.499. The summed E-state index contributed by atoms with van der Waals surface area (Å²) in [4.78, 5) is 11.4. The molecule has 5 nitrogen and oxygen atoms in total. The van der Waals surface area contributed by atoms with Crippen molar-refractivity contribution in [2.45, 2.75) is 6.04 Å². The smallest absolute Gasteiger partial charge is 0.136 e. The van der Waals surface area contributed by atoms with Gasteiger partial charge in [-0.3, -0.25) is 0 Å². The molecule has 0 spiro atoms. The van der Waals surface area contributed by atoms with E-state index < -0.39 is 6.09 Å². The molecular weight excluding hydrogens is 148 g/mol. The number of aliphatic hydroxyl groups is 1. The van der Waals surface area contributed by atoms with Gasteiger partial charge < -0.3 is 25.6 Å². The molecule has 5 heteroatoms. The summed E-state index contributed by atoms with van der Waals surface area (Å²) in [5.74, 6) is -0.132. The summed E-state index contributed by atoms with van der Waals surface area (Å²) >= 11 is 0. The Labute approximate surface area is 64.4 Å².